The third-order valence-electron chi connectivity index (χ3n) is 12.4. The van der Waals surface area contributed by atoms with Crippen LogP contribution in [0.15, 0.2) is 60.8 Å². The molecule has 0 bridgehead atoms. The number of amides is 1. The van der Waals surface area contributed by atoms with E-state index in [0.717, 1.165) is 57.8 Å². The summed E-state index contributed by atoms with van der Waals surface area (Å²) in [7, 11) is 0. The molecule has 0 heterocycles. The molecule has 5 N–H and O–H groups in total. The summed E-state index contributed by atoms with van der Waals surface area (Å²) in [4.78, 5) is 12.6. The van der Waals surface area contributed by atoms with Crippen LogP contribution in [0, 0.1) is 0 Å². The third-order valence-corrected chi connectivity index (χ3v) is 12.4. The molecule has 6 heteroatoms. The van der Waals surface area contributed by atoms with Gasteiger partial charge >= 0.3 is 0 Å². The smallest absolute Gasteiger partial charge is 0.249 e. The lowest BCUT2D eigenvalue weighted by molar-refractivity contribution is -0.132. The van der Waals surface area contributed by atoms with E-state index >= 15 is 0 Å². The van der Waals surface area contributed by atoms with E-state index in [-0.39, 0.29) is 0 Å². The number of carbonyl (C=O) groups is 1. The van der Waals surface area contributed by atoms with Crippen molar-refractivity contribution in [2.45, 2.75) is 289 Å². The zero-order valence-corrected chi connectivity index (χ0v) is 41.6. The number of aliphatic hydroxyl groups is 4. The maximum atomic E-state index is 12.6. The minimum Gasteiger partial charge on any atom is -0.394 e. The van der Waals surface area contributed by atoms with E-state index in [1.54, 1.807) is 0 Å². The number of rotatable bonds is 49. The van der Waals surface area contributed by atoms with Gasteiger partial charge < -0.3 is 25.7 Å². The van der Waals surface area contributed by atoms with Crippen molar-refractivity contribution in [3.05, 3.63) is 60.8 Å². The molecule has 4 unspecified atom stereocenters. The van der Waals surface area contributed by atoms with Crippen LogP contribution in [-0.2, 0) is 4.79 Å². The van der Waals surface area contributed by atoms with Gasteiger partial charge in [-0.15, -0.1) is 0 Å². The third kappa shape index (κ3) is 45.0. The highest BCUT2D eigenvalue weighted by atomic mass is 16.3. The van der Waals surface area contributed by atoms with Gasteiger partial charge in [0.25, 0.3) is 0 Å². The summed E-state index contributed by atoms with van der Waals surface area (Å²) in [6, 6.07) is -1.01. The molecule has 6 nitrogen and oxygen atoms in total. The zero-order chi connectivity index (χ0) is 45.9. The molecular formula is C57H105NO5. The first-order chi connectivity index (χ1) is 31.0. The topological polar surface area (TPSA) is 110 Å². The van der Waals surface area contributed by atoms with E-state index in [2.05, 4.69) is 79.9 Å². The molecule has 0 fully saturated rings. The van der Waals surface area contributed by atoms with Crippen LogP contribution in [-0.4, -0.2) is 57.3 Å². The SMILES string of the molecule is CCCC/C=C/CC/C=C/CC/C=C/CCCC(O)C(O)C(CO)NC(=O)C(O)CCCCCCCCCCCCCCCCCC/C=C\C/C=C\CCCCCCCCCCC. The van der Waals surface area contributed by atoms with Crippen LogP contribution >= 0.6 is 0 Å². The van der Waals surface area contributed by atoms with Crippen LogP contribution in [0.25, 0.3) is 0 Å². The van der Waals surface area contributed by atoms with Crippen LogP contribution < -0.4 is 5.32 Å². The zero-order valence-electron chi connectivity index (χ0n) is 41.6. The number of aliphatic hydroxyl groups excluding tert-OH is 4. The quantitative estimate of drug-likeness (QED) is 0.0309. The fourth-order valence-electron chi connectivity index (χ4n) is 8.10. The first-order valence-corrected chi connectivity index (χ1v) is 27.2. The van der Waals surface area contributed by atoms with Gasteiger partial charge in [0.05, 0.1) is 18.8 Å². The van der Waals surface area contributed by atoms with Gasteiger partial charge in [-0.1, -0.05) is 235 Å². The molecule has 0 spiro atoms. The molecule has 1 amide bonds. The van der Waals surface area contributed by atoms with Crippen LogP contribution in [0.2, 0.25) is 0 Å². The summed E-state index contributed by atoms with van der Waals surface area (Å²) >= 11 is 0. The molecule has 0 saturated carbocycles. The Hall–Kier alpha value is -1.99. The van der Waals surface area contributed by atoms with Gasteiger partial charge in [0.2, 0.25) is 5.91 Å². The summed E-state index contributed by atoms with van der Waals surface area (Å²) in [6.45, 7) is 4.00. The lowest BCUT2D eigenvalue weighted by atomic mass is 10.00. The molecule has 0 aliphatic rings. The normalized spacial score (nSPS) is 14.3. The summed E-state index contributed by atoms with van der Waals surface area (Å²) in [5.41, 5.74) is 0. The van der Waals surface area contributed by atoms with Crippen molar-refractivity contribution >= 4 is 5.91 Å². The van der Waals surface area contributed by atoms with E-state index in [1.807, 2.05) is 0 Å². The lowest BCUT2D eigenvalue weighted by Crippen LogP contribution is -2.53. The molecule has 0 rings (SSSR count). The summed E-state index contributed by atoms with van der Waals surface area (Å²) in [6.07, 6.45) is 65.8. The molecule has 63 heavy (non-hydrogen) atoms. The highest BCUT2D eigenvalue weighted by Gasteiger charge is 2.28. The Morgan fingerprint density at radius 1 is 0.397 bits per heavy atom. The van der Waals surface area contributed by atoms with Crippen molar-refractivity contribution < 1.29 is 25.2 Å². The van der Waals surface area contributed by atoms with Gasteiger partial charge in [0, 0.05) is 0 Å². The van der Waals surface area contributed by atoms with E-state index in [1.165, 1.54) is 173 Å². The standard InChI is InChI=1S/C57H105NO5/c1-3-5-7-9-11-13-15-17-19-20-21-22-23-24-25-26-27-28-29-30-31-32-33-34-35-37-39-41-43-45-47-49-51-55(61)57(63)58-53(52-59)56(62)54(60)50-48-46-44-42-40-38-36-18-16-14-12-10-8-6-4-2/h10,12,18,21-22,24-25,36,42,44,53-56,59-62H,3-9,11,13-17,19-20,23,26-35,37-41,43,45-52H2,1-2H3,(H,58,63)/b12-10+,22-21-,25-24-,36-18+,44-42+. The van der Waals surface area contributed by atoms with Crippen molar-refractivity contribution in [1.29, 1.82) is 0 Å². The van der Waals surface area contributed by atoms with Crippen molar-refractivity contribution in [3.8, 4) is 0 Å². The van der Waals surface area contributed by atoms with E-state index < -0.39 is 36.9 Å². The van der Waals surface area contributed by atoms with Crippen molar-refractivity contribution in [1.82, 2.24) is 5.32 Å². The minimum absolute atomic E-state index is 0.357. The first-order valence-electron chi connectivity index (χ1n) is 27.2. The molecule has 4 atom stereocenters. The second-order valence-electron chi connectivity index (χ2n) is 18.5. The number of carbonyl (C=O) groups excluding carboxylic acids is 1. The van der Waals surface area contributed by atoms with Gasteiger partial charge in [0.1, 0.15) is 12.2 Å². The average molecular weight is 884 g/mol. The maximum Gasteiger partial charge on any atom is 0.249 e. The molecule has 0 aliphatic carbocycles. The first kappa shape index (κ1) is 61.0. The van der Waals surface area contributed by atoms with Gasteiger partial charge in [-0.05, 0) is 89.9 Å². The van der Waals surface area contributed by atoms with Crippen molar-refractivity contribution in [2.75, 3.05) is 6.61 Å². The van der Waals surface area contributed by atoms with Crippen molar-refractivity contribution in [2.24, 2.45) is 0 Å². The van der Waals surface area contributed by atoms with E-state index in [0.29, 0.717) is 19.3 Å². The van der Waals surface area contributed by atoms with Gasteiger partial charge in [0.15, 0.2) is 0 Å². The maximum absolute atomic E-state index is 12.6. The van der Waals surface area contributed by atoms with Crippen LogP contribution in [0.1, 0.15) is 264 Å². The van der Waals surface area contributed by atoms with E-state index in [9.17, 15) is 25.2 Å². The molecule has 368 valence electrons. The fourth-order valence-corrected chi connectivity index (χ4v) is 8.10. The minimum atomic E-state index is -1.29. The molecule has 0 aromatic carbocycles. The monoisotopic (exact) mass is 884 g/mol. The van der Waals surface area contributed by atoms with E-state index in [4.69, 9.17) is 0 Å². The summed E-state index contributed by atoms with van der Waals surface area (Å²) < 4.78 is 0. The van der Waals surface area contributed by atoms with Gasteiger partial charge in [-0.3, -0.25) is 4.79 Å². The Bertz CT molecular complexity index is 1080. The molecular weight excluding hydrogens is 779 g/mol. The predicted molar refractivity (Wildman–Crippen MR) is 274 cm³/mol. The molecule has 0 radical (unpaired) electrons. The summed E-state index contributed by atoms with van der Waals surface area (Å²) in [5, 5.41) is 43.8. The molecule has 0 aromatic rings. The van der Waals surface area contributed by atoms with Gasteiger partial charge in [-0.25, -0.2) is 0 Å². The van der Waals surface area contributed by atoms with Crippen molar-refractivity contribution in [3.63, 3.8) is 0 Å². The highest BCUT2D eigenvalue weighted by molar-refractivity contribution is 5.80. The lowest BCUT2D eigenvalue weighted by Gasteiger charge is -2.27. The fraction of sp³-hybridized carbons (Fsp3) is 0.807. The molecule has 0 aromatic heterocycles. The van der Waals surface area contributed by atoms with Crippen LogP contribution in [0.5, 0.6) is 0 Å². The molecule has 0 saturated heterocycles. The number of nitrogens with one attached hydrogen (secondary N) is 1. The Balaban J connectivity index is 3.64. The number of allylic oxidation sites excluding steroid dienone is 10. The van der Waals surface area contributed by atoms with Gasteiger partial charge in [-0.2, -0.15) is 0 Å². The number of hydrogen-bond acceptors (Lipinski definition) is 5. The predicted octanol–water partition coefficient (Wildman–Crippen LogP) is 15.6. The average Bonchev–Trinajstić information content (AvgIpc) is 3.29. The second kappa shape index (κ2) is 51.0. The number of hydrogen-bond donors (Lipinski definition) is 5. The Morgan fingerprint density at radius 3 is 1.14 bits per heavy atom. The Labute approximate surface area is 391 Å². The molecule has 0 aliphatic heterocycles. The summed E-state index contributed by atoms with van der Waals surface area (Å²) in [5.74, 6) is -0.600. The Morgan fingerprint density at radius 2 is 0.730 bits per heavy atom. The number of unbranched alkanes of at least 4 members (excludes halogenated alkanes) is 30. The van der Waals surface area contributed by atoms with Crippen LogP contribution in [0.3, 0.4) is 0 Å². The largest absolute Gasteiger partial charge is 0.394 e. The highest BCUT2D eigenvalue weighted by Crippen LogP contribution is 2.16. The second-order valence-corrected chi connectivity index (χ2v) is 18.5. The van der Waals surface area contributed by atoms with Crippen LogP contribution in [0.4, 0.5) is 0 Å². The Kier molecular flexibility index (Phi) is 49.4.